The van der Waals surface area contributed by atoms with E-state index in [1.165, 1.54) is 0 Å². The van der Waals surface area contributed by atoms with Crippen molar-refractivity contribution < 1.29 is 9.90 Å². The van der Waals surface area contributed by atoms with Crippen LogP contribution >= 0.6 is 0 Å². The molecule has 3 aliphatic rings. The molecule has 2 heterocycles. The van der Waals surface area contributed by atoms with Crippen molar-refractivity contribution in [3.63, 3.8) is 0 Å². The average Bonchev–Trinajstić information content (AvgIpc) is 2.99. The van der Waals surface area contributed by atoms with Gasteiger partial charge in [-0.25, -0.2) is 0 Å². The number of likely N-dealkylation sites (tertiary alicyclic amines) is 1. The number of anilines is 1. The molecule has 27 heavy (non-hydrogen) atoms. The van der Waals surface area contributed by atoms with E-state index in [0.29, 0.717) is 18.4 Å². The van der Waals surface area contributed by atoms with Gasteiger partial charge in [-0.2, -0.15) is 5.26 Å². The minimum absolute atomic E-state index is 0.179. The lowest BCUT2D eigenvalue weighted by atomic mass is 9.78. The number of rotatable bonds is 3. The summed E-state index contributed by atoms with van der Waals surface area (Å²) in [6.45, 7) is 2.66. The van der Waals surface area contributed by atoms with E-state index in [9.17, 15) is 9.90 Å². The van der Waals surface area contributed by atoms with Crippen LogP contribution in [0, 0.1) is 16.7 Å². The Kier molecular flexibility index (Phi) is 5.10. The van der Waals surface area contributed by atoms with Crippen molar-refractivity contribution in [2.45, 2.75) is 63.5 Å². The first-order chi connectivity index (χ1) is 13.1. The molecule has 5 nitrogen and oxygen atoms in total. The minimum atomic E-state index is -0.236. The number of nitrogens with zero attached hydrogens (tertiary/aromatic N) is 3. The number of amides is 1. The Hall–Kier alpha value is -2.06. The maximum Gasteiger partial charge on any atom is 0.230 e. The number of carbonyl (C=O) groups is 1. The largest absolute Gasteiger partial charge is 0.393 e. The van der Waals surface area contributed by atoms with Crippen molar-refractivity contribution >= 4 is 11.6 Å². The molecule has 0 bridgehead atoms. The number of carbonyl (C=O) groups excluding carboxylic acids is 1. The molecule has 0 aromatic heterocycles. The first-order valence-corrected chi connectivity index (χ1v) is 10.3. The monoisotopic (exact) mass is 367 g/mol. The van der Waals surface area contributed by atoms with Gasteiger partial charge in [0.1, 0.15) is 0 Å². The van der Waals surface area contributed by atoms with E-state index >= 15 is 0 Å². The molecule has 1 aromatic rings. The quantitative estimate of drug-likeness (QED) is 0.892. The second-order valence-electron chi connectivity index (χ2n) is 8.52. The summed E-state index contributed by atoms with van der Waals surface area (Å²) in [4.78, 5) is 17.9. The molecule has 2 aliphatic heterocycles. The zero-order valence-corrected chi connectivity index (χ0v) is 15.9. The van der Waals surface area contributed by atoms with E-state index in [1.807, 2.05) is 12.1 Å². The lowest BCUT2D eigenvalue weighted by Gasteiger charge is -2.41. The molecule has 1 spiro atoms. The minimum Gasteiger partial charge on any atom is -0.393 e. The van der Waals surface area contributed by atoms with Gasteiger partial charge in [-0.15, -0.1) is 0 Å². The number of benzene rings is 1. The zero-order chi connectivity index (χ0) is 18.9. The number of hydrogen-bond acceptors (Lipinski definition) is 4. The van der Waals surface area contributed by atoms with Crippen LogP contribution in [0.1, 0.15) is 50.5 Å². The van der Waals surface area contributed by atoms with E-state index in [-0.39, 0.29) is 11.5 Å². The van der Waals surface area contributed by atoms with Gasteiger partial charge in [0.2, 0.25) is 5.91 Å². The van der Waals surface area contributed by atoms with Gasteiger partial charge in [-0.1, -0.05) is 12.1 Å². The topological polar surface area (TPSA) is 67.6 Å². The molecule has 144 valence electrons. The molecule has 1 atom stereocenters. The van der Waals surface area contributed by atoms with Crippen LogP contribution < -0.4 is 4.90 Å². The van der Waals surface area contributed by atoms with Crippen molar-refractivity contribution in [3.05, 3.63) is 29.8 Å². The van der Waals surface area contributed by atoms with E-state index in [2.05, 4.69) is 28.0 Å². The Morgan fingerprint density at radius 1 is 1.11 bits per heavy atom. The fraction of sp³-hybridized carbons (Fsp3) is 0.636. The van der Waals surface area contributed by atoms with Crippen LogP contribution in [0.3, 0.4) is 0 Å². The van der Waals surface area contributed by atoms with Crippen LogP contribution in [0.15, 0.2) is 24.3 Å². The summed E-state index contributed by atoms with van der Waals surface area (Å²) >= 11 is 0. The highest BCUT2D eigenvalue weighted by Gasteiger charge is 2.50. The molecule has 5 heteroatoms. The summed E-state index contributed by atoms with van der Waals surface area (Å²) in [6.07, 6.45) is 6.76. The predicted molar refractivity (Wildman–Crippen MR) is 104 cm³/mol. The maximum absolute atomic E-state index is 13.4. The Morgan fingerprint density at radius 2 is 1.85 bits per heavy atom. The first-order valence-electron chi connectivity index (χ1n) is 10.3. The Labute approximate surface area is 161 Å². The average molecular weight is 367 g/mol. The first kappa shape index (κ1) is 18.3. The van der Waals surface area contributed by atoms with E-state index in [0.717, 1.165) is 75.8 Å². The molecule has 1 aromatic carbocycles. The highest BCUT2D eigenvalue weighted by molar-refractivity contribution is 5.86. The van der Waals surface area contributed by atoms with Crippen LogP contribution in [0.4, 0.5) is 5.69 Å². The second-order valence-corrected chi connectivity index (χ2v) is 8.52. The molecule has 1 amide bonds. The fourth-order valence-corrected chi connectivity index (χ4v) is 5.21. The summed E-state index contributed by atoms with van der Waals surface area (Å²) in [7, 11) is 0. The number of nitriles is 1. The van der Waals surface area contributed by atoms with Gasteiger partial charge in [0.05, 0.1) is 24.0 Å². The van der Waals surface area contributed by atoms with Crippen LogP contribution in [-0.2, 0) is 11.2 Å². The molecule has 0 radical (unpaired) electrons. The molecular weight excluding hydrogens is 338 g/mol. The molecule has 1 aliphatic carbocycles. The van der Waals surface area contributed by atoms with Crippen molar-refractivity contribution in [2.24, 2.45) is 5.41 Å². The number of aliphatic hydroxyl groups excluding tert-OH is 1. The normalized spacial score (nSPS) is 31.3. The van der Waals surface area contributed by atoms with Crippen LogP contribution in [0.2, 0.25) is 0 Å². The molecule has 0 unspecified atom stereocenters. The highest BCUT2D eigenvalue weighted by atomic mass is 16.3. The van der Waals surface area contributed by atoms with Crippen molar-refractivity contribution in [1.82, 2.24) is 4.90 Å². The summed E-state index contributed by atoms with van der Waals surface area (Å²) in [6, 6.07) is 10.7. The highest BCUT2D eigenvalue weighted by Crippen LogP contribution is 2.43. The van der Waals surface area contributed by atoms with E-state index < -0.39 is 0 Å². The Morgan fingerprint density at radius 3 is 2.56 bits per heavy atom. The van der Waals surface area contributed by atoms with Gasteiger partial charge in [0, 0.05) is 31.4 Å². The van der Waals surface area contributed by atoms with Crippen LogP contribution in [-0.4, -0.2) is 47.7 Å². The standard InChI is InChI=1S/C22H29N3O2/c23-13-10-17-2-4-18(5-3-17)24-14-1-11-22(16-24)12-15-25(21(22)27)19-6-8-20(26)9-7-19/h2-5,19-20,26H,1,6-12,14-16H2/t19?,20?,22-/m1/s1. The molecule has 1 N–H and O–H groups in total. The molecule has 2 saturated heterocycles. The molecule has 4 rings (SSSR count). The van der Waals surface area contributed by atoms with E-state index in [4.69, 9.17) is 5.26 Å². The molecule has 1 saturated carbocycles. The Bertz CT molecular complexity index is 718. The lowest BCUT2D eigenvalue weighted by Crippen LogP contribution is -2.50. The number of hydrogen-bond donors (Lipinski definition) is 1. The zero-order valence-electron chi connectivity index (χ0n) is 15.9. The predicted octanol–water partition coefficient (Wildman–Crippen LogP) is 2.88. The summed E-state index contributed by atoms with van der Waals surface area (Å²) in [5.41, 5.74) is 1.96. The maximum atomic E-state index is 13.4. The molecular formula is C22H29N3O2. The summed E-state index contributed by atoms with van der Waals surface area (Å²) in [5, 5.41) is 18.6. The van der Waals surface area contributed by atoms with E-state index in [1.54, 1.807) is 0 Å². The third kappa shape index (κ3) is 3.55. The van der Waals surface area contributed by atoms with Crippen molar-refractivity contribution in [1.29, 1.82) is 5.26 Å². The smallest absolute Gasteiger partial charge is 0.230 e. The van der Waals surface area contributed by atoms with Gasteiger partial charge in [0.15, 0.2) is 0 Å². The lowest BCUT2D eigenvalue weighted by molar-refractivity contribution is -0.139. The summed E-state index contributed by atoms with van der Waals surface area (Å²) in [5.74, 6) is 0.342. The van der Waals surface area contributed by atoms with Crippen molar-refractivity contribution in [2.75, 3.05) is 24.5 Å². The third-order valence-corrected chi connectivity index (χ3v) is 6.81. The SMILES string of the molecule is N#CCc1ccc(N2CCC[C@@]3(CCN(C4CCC(O)CC4)C3=O)C2)cc1. The van der Waals surface area contributed by atoms with Crippen molar-refractivity contribution in [3.8, 4) is 6.07 Å². The van der Waals surface area contributed by atoms with Crippen LogP contribution in [0.25, 0.3) is 0 Å². The van der Waals surface area contributed by atoms with Gasteiger partial charge in [-0.05, 0) is 62.6 Å². The third-order valence-electron chi connectivity index (χ3n) is 6.81. The van der Waals surface area contributed by atoms with Gasteiger partial charge < -0.3 is 14.9 Å². The van der Waals surface area contributed by atoms with Gasteiger partial charge in [-0.3, -0.25) is 4.79 Å². The van der Waals surface area contributed by atoms with Gasteiger partial charge >= 0.3 is 0 Å². The van der Waals surface area contributed by atoms with Crippen LogP contribution in [0.5, 0.6) is 0 Å². The summed E-state index contributed by atoms with van der Waals surface area (Å²) < 4.78 is 0. The molecule has 3 fully saturated rings. The second kappa shape index (κ2) is 7.52. The van der Waals surface area contributed by atoms with Gasteiger partial charge in [0.25, 0.3) is 0 Å². The fourth-order valence-electron chi connectivity index (χ4n) is 5.21. The number of aliphatic hydroxyl groups is 1. The number of piperidine rings is 1. The Balaban J connectivity index is 1.45.